The Morgan fingerprint density at radius 2 is 1.80 bits per heavy atom. The number of nitrogens with zero attached hydrogens (tertiary/aromatic N) is 2. The topological polar surface area (TPSA) is 56.1 Å². The van der Waals surface area contributed by atoms with Crippen LogP contribution in [0.25, 0.3) is 22.4 Å². The highest BCUT2D eigenvalue weighted by atomic mass is 35.5. The third-order valence-electron chi connectivity index (χ3n) is 5.46. The Morgan fingerprint density at radius 3 is 2.53 bits per heavy atom. The number of carbonyl (C=O) groups excluding carboxylic acids is 1. The van der Waals surface area contributed by atoms with Crippen molar-refractivity contribution in [3.05, 3.63) is 53.6 Å². The molecule has 158 valence electrons. The van der Waals surface area contributed by atoms with Crippen LogP contribution in [0.3, 0.4) is 0 Å². The molecule has 1 aliphatic carbocycles. The van der Waals surface area contributed by atoms with Crippen molar-refractivity contribution in [3.63, 3.8) is 0 Å². The monoisotopic (exact) mass is 425 g/mol. The predicted molar refractivity (Wildman–Crippen MR) is 121 cm³/mol. The van der Waals surface area contributed by atoms with E-state index in [1.807, 2.05) is 63.2 Å². The number of hydrogen-bond donors (Lipinski definition) is 1. The van der Waals surface area contributed by atoms with Crippen molar-refractivity contribution in [2.45, 2.75) is 64.1 Å². The van der Waals surface area contributed by atoms with Crippen LogP contribution in [-0.4, -0.2) is 27.3 Å². The molecule has 0 aliphatic heterocycles. The van der Waals surface area contributed by atoms with E-state index in [1.54, 1.807) is 0 Å². The largest absolute Gasteiger partial charge is 0.444 e. The number of halogens is 1. The first kappa shape index (κ1) is 20.7. The summed E-state index contributed by atoms with van der Waals surface area (Å²) < 4.78 is 7.82. The van der Waals surface area contributed by atoms with Gasteiger partial charge in [-0.25, -0.2) is 9.78 Å². The van der Waals surface area contributed by atoms with Gasteiger partial charge in [0, 0.05) is 10.6 Å². The van der Waals surface area contributed by atoms with Gasteiger partial charge in [-0.15, -0.1) is 0 Å². The Kier molecular flexibility index (Phi) is 5.74. The molecule has 1 saturated carbocycles. The van der Waals surface area contributed by atoms with Crippen LogP contribution in [0.4, 0.5) is 4.79 Å². The van der Waals surface area contributed by atoms with Gasteiger partial charge in [0.05, 0.1) is 23.1 Å². The lowest BCUT2D eigenvalue weighted by atomic mass is 9.89. The van der Waals surface area contributed by atoms with Crippen LogP contribution in [0.15, 0.2) is 48.5 Å². The molecule has 1 aromatic heterocycles. The standard InChI is InChI=1S/C24H28ClN3O2/c1-24(2,3)30-23(29)27-19-9-5-7-11-21(19)28-20-10-6-4-8-18(20)26-22(28)16-12-14-17(25)15-13-16/h4,6,8,10,12-15,19,21H,5,7,9,11H2,1-3H3,(H,27,29)/t19-,21-/m1/s1. The van der Waals surface area contributed by atoms with Crippen molar-refractivity contribution >= 4 is 28.7 Å². The van der Waals surface area contributed by atoms with Crippen molar-refractivity contribution in [3.8, 4) is 11.4 Å². The zero-order valence-electron chi connectivity index (χ0n) is 17.7. The quantitative estimate of drug-likeness (QED) is 0.530. The number of imidazole rings is 1. The fraction of sp³-hybridized carbons (Fsp3) is 0.417. The third kappa shape index (κ3) is 4.46. The van der Waals surface area contributed by atoms with E-state index in [0.29, 0.717) is 5.02 Å². The first-order valence-electron chi connectivity index (χ1n) is 10.5. The number of amides is 1. The van der Waals surface area contributed by atoms with E-state index in [9.17, 15) is 4.79 Å². The normalized spacial score (nSPS) is 19.6. The molecule has 1 N–H and O–H groups in total. The second-order valence-electron chi connectivity index (χ2n) is 8.91. The van der Waals surface area contributed by atoms with Crippen molar-refractivity contribution in [1.29, 1.82) is 0 Å². The van der Waals surface area contributed by atoms with Gasteiger partial charge in [0.2, 0.25) is 0 Å². The molecule has 6 heteroatoms. The maximum absolute atomic E-state index is 12.5. The lowest BCUT2D eigenvalue weighted by Crippen LogP contribution is -2.45. The van der Waals surface area contributed by atoms with Crippen molar-refractivity contribution < 1.29 is 9.53 Å². The lowest BCUT2D eigenvalue weighted by molar-refractivity contribution is 0.0473. The number of nitrogens with one attached hydrogen (secondary N) is 1. The van der Waals surface area contributed by atoms with Crippen LogP contribution >= 0.6 is 11.6 Å². The number of benzene rings is 2. The van der Waals surface area contributed by atoms with Crippen molar-refractivity contribution in [1.82, 2.24) is 14.9 Å². The second kappa shape index (κ2) is 8.31. The summed E-state index contributed by atoms with van der Waals surface area (Å²) in [5.74, 6) is 0.899. The number of para-hydroxylation sites is 2. The molecule has 0 spiro atoms. The molecule has 1 amide bonds. The van der Waals surface area contributed by atoms with Gasteiger partial charge in [0.15, 0.2) is 0 Å². The van der Waals surface area contributed by atoms with Crippen LogP contribution in [0.1, 0.15) is 52.5 Å². The van der Waals surface area contributed by atoms with Crippen molar-refractivity contribution in [2.75, 3.05) is 0 Å². The average Bonchev–Trinajstić information content (AvgIpc) is 3.07. The number of alkyl carbamates (subject to hydrolysis) is 1. The summed E-state index contributed by atoms with van der Waals surface area (Å²) in [6.07, 6.45) is 3.72. The Bertz CT molecular complexity index is 1040. The van der Waals surface area contributed by atoms with E-state index in [1.165, 1.54) is 0 Å². The van der Waals surface area contributed by atoms with E-state index < -0.39 is 5.60 Å². The smallest absolute Gasteiger partial charge is 0.407 e. The summed E-state index contributed by atoms with van der Waals surface area (Å²) in [5, 5.41) is 3.83. The minimum Gasteiger partial charge on any atom is -0.444 e. The SMILES string of the molecule is CC(C)(C)OC(=O)N[C@@H]1CCCC[C@H]1n1c(-c2ccc(Cl)cc2)nc2ccccc21. The molecule has 1 heterocycles. The molecule has 2 aromatic carbocycles. The molecule has 1 aliphatic rings. The van der Waals surface area contributed by atoms with Gasteiger partial charge >= 0.3 is 6.09 Å². The first-order chi connectivity index (χ1) is 14.3. The van der Waals surface area contributed by atoms with E-state index in [2.05, 4.69) is 16.0 Å². The molecule has 5 nitrogen and oxygen atoms in total. The van der Waals surface area contributed by atoms with Crippen LogP contribution in [0.5, 0.6) is 0 Å². The number of aromatic nitrogens is 2. The van der Waals surface area contributed by atoms with Gasteiger partial charge < -0.3 is 14.6 Å². The van der Waals surface area contributed by atoms with E-state index in [0.717, 1.165) is 48.1 Å². The third-order valence-corrected chi connectivity index (χ3v) is 5.71. The van der Waals surface area contributed by atoms with E-state index in [4.69, 9.17) is 21.3 Å². The van der Waals surface area contributed by atoms with Crippen LogP contribution in [0, 0.1) is 0 Å². The molecule has 30 heavy (non-hydrogen) atoms. The zero-order valence-corrected chi connectivity index (χ0v) is 18.4. The maximum Gasteiger partial charge on any atom is 0.407 e. The summed E-state index contributed by atoms with van der Waals surface area (Å²) in [4.78, 5) is 17.5. The van der Waals surface area contributed by atoms with E-state index in [-0.39, 0.29) is 18.2 Å². The number of ether oxygens (including phenoxy) is 1. The van der Waals surface area contributed by atoms with Gasteiger partial charge in [-0.1, -0.05) is 36.6 Å². The fourth-order valence-corrected chi connectivity index (χ4v) is 4.36. The summed E-state index contributed by atoms with van der Waals surface area (Å²) >= 11 is 6.11. The minimum absolute atomic E-state index is 0.0164. The molecule has 1 fully saturated rings. The maximum atomic E-state index is 12.5. The molecule has 3 aromatic rings. The minimum atomic E-state index is -0.523. The highest BCUT2D eigenvalue weighted by Gasteiger charge is 2.32. The number of rotatable bonds is 3. The summed E-state index contributed by atoms with van der Waals surface area (Å²) in [7, 11) is 0. The van der Waals surface area contributed by atoms with Crippen LogP contribution < -0.4 is 5.32 Å². The number of carbonyl (C=O) groups is 1. The average molecular weight is 426 g/mol. The number of fused-ring (bicyclic) bond motifs is 1. The zero-order chi connectivity index (χ0) is 21.3. The molecule has 0 radical (unpaired) electrons. The Morgan fingerprint density at radius 1 is 1.10 bits per heavy atom. The molecular formula is C24H28ClN3O2. The predicted octanol–water partition coefficient (Wildman–Crippen LogP) is 6.37. The number of hydrogen-bond acceptors (Lipinski definition) is 3. The molecule has 2 atom stereocenters. The molecule has 4 rings (SSSR count). The van der Waals surface area contributed by atoms with E-state index >= 15 is 0 Å². The van der Waals surface area contributed by atoms with Crippen molar-refractivity contribution in [2.24, 2.45) is 0 Å². The van der Waals surface area contributed by atoms with Gasteiger partial charge in [-0.2, -0.15) is 0 Å². The summed E-state index contributed by atoms with van der Waals surface area (Å²) in [6, 6.07) is 16.0. The molecular weight excluding hydrogens is 398 g/mol. The summed E-state index contributed by atoms with van der Waals surface area (Å²) in [5.41, 5.74) is 2.51. The highest BCUT2D eigenvalue weighted by Crippen LogP contribution is 2.36. The summed E-state index contributed by atoms with van der Waals surface area (Å²) in [6.45, 7) is 5.65. The second-order valence-corrected chi connectivity index (χ2v) is 9.34. The lowest BCUT2D eigenvalue weighted by Gasteiger charge is -2.35. The molecule has 0 unspecified atom stereocenters. The highest BCUT2D eigenvalue weighted by molar-refractivity contribution is 6.30. The first-order valence-corrected chi connectivity index (χ1v) is 10.9. The van der Waals surface area contributed by atoms with Gasteiger partial charge in [0.1, 0.15) is 11.4 Å². The Balaban J connectivity index is 1.75. The fourth-order valence-electron chi connectivity index (χ4n) is 4.23. The molecule has 0 saturated heterocycles. The van der Waals surface area contributed by atoms with Gasteiger partial charge in [0.25, 0.3) is 0 Å². The van der Waals surface area contributed by atoms with Crippen LogP contribution in [0.2, 0.25) is 5.02 Å². The van der Waals surface area contributed by atoms with Gasteiger partial charge in [-0.05, 0) is 70.0 Å². The Hall–Kier alpha value is -2.53. The van der Waals surface area contributed by atoms with Gasteiger partial charge in [-0.3, -0.25) is 0 Å². The molecule has 0 bridgehead atoms. The van der Waals surface area contributed by atoms with Crippen LogP contribution in [-0.2, 0) is 4.74 Å². The Labute approximate surface area is 182 Å².